The Morgan fingerprint density at radius 3 is 2.83 bits per heavy atom. The number of allylic oxidation sites excluding steroid dienone is 1. The van der Waals surface area contributed by atoms with E-state index in [2.05, 4.69) is 0 Å². The first-order valence-electron chi connectivity index (χ1n) is 6.95. The van der Waals surface area contributed by atoms with Crippen LogP contribution in [0.2, 0.25) is 0 Å². The Morgan fingerprint density at radius 2 is 2.06 bits per heavy atom. The fourth-order valence-electron chi connectivity index (χ4n) is 3.35. The van der Waals surface area contributed by atoms with Gasteiger partial charge in [-0.05, 0) is 39.0 Å². The van der Waals surface area contributed by atoms with Crippen molar-refractivity contribution >= 4 is 5.97 Å². The van der Waals surface area contributed by atoms with Crippen LogP contribution < -0.4 is 17.3 Å². The van der Waals surface area contributed by atoms with Crippen LogP contribution in [0.4, 0.5) is 0 Å². The lowest BCUT2D eigenvalue weighted by Gasteiger charge is -2.40. The molecule has 2 heterocycles. The van der Waals surface area contributed by atoms with Gasteiger partial charge in [-0.1, -0.05) is 6.08 Å². The first-order chi connectivity index (χ1) is 8.31. The van der Waals surface area contributed by atoms with Gasteiger partial charge < -0.3 is 22.0 Å². The van der Waals surface area contributed by atoms with Crippen LogP contribution in [0.25, 0.3) is 0 Å². The van der Waals surface area contributed by atoms with Crippen LogP contribution >= 0.6 is 0 Å². The zero-order chi connectivity index (χ0) is 12.1. The molecule has 18 heavy (non-hydrogen) atoms. The van der Waals surface area contributed by atoms with Crippen molar-refractivity contribution in [1.29, 1.82) is 0 Å². The Labute approximate surface area is 116 Å². The van der Waals surface area contributed by atoms with Crippen LogP contribution in [0, 0.1) is 5.92 Å². The normalized spacial score (nSPS) is 31.5. The van der Waals surface area contributed by atoms with E-state index in [1.54, 1.807) is 11.0 Å². The van der Waals surface area contributed by atoms with Gasteiger partial charge in [-0.15, -0.1) is 0 Å². The molecule has 0 amide bonds. The van der Waals surface area contributed by atoms with E-state index in [0.717, 1.165) is 6.04 Å². The standard InChI is InChI=1S/C14H23NO2.ClH/c1-2-6-14(16)17-11-12-7-5-10-15-9-4-3-8-13(12)15;/h2,6,12-13H,3-5,7-11H2,1H3;1H/t12-,13+;/m0./s1. The second-order valence-electron chi connectivity index (χ2n) is 5.29. The molecule has 2 aliphatic heterocycles. The fraction of sp³-hybridized carbons (Fsp3) is 0.786. The van der Waals surface area contributed by atoms with Crippen molar-refractivity contribution in [3.8, 4) is 0 Å². The van der Waals surface area contributed by atoms with Gasteiger partial charge in [0.1, 0.15) is 6.61 Å². The number of piperidine rings is 2. The zero-order valence-corrected chi connectivity index (χ0v) is 11.9. The number of rotatable bonds is 3. The number of esters is 1. The monoisotopic (exact) mass is 273 g/mol. The van der Waals surface area contributed by atoms with Crippen LogP contribution in [-0.4, -0.2) is 31.7 Å². The van der Waals surface area contributed by atoms with Gasteiger partial charge >= 0.3 is 5.97 Å². The van der Waals surface area contributed by atoms with E-state index in [1.165, 1.54) is 51.3 Å². The number of ether oxygens (including phenoxy) is 1. The highest BCUT2D eigenvalue weighted by Crippen LogP contribution is 2.20. The van der Waals surface area contributed by atoms with Crippen LogP contribution in [0.5, 0.6) is 0 Å². The fourth-order valence-corrected chi connectivity index (χ4v) is 3.35. The summed E-state index contributed by atoms with van der Waals surface area (Å²) in [6.07, 6.45) is 9.82. The van der Waals surface area contributed by atoms with E-state index in [0.29, 0.717) is 12.5 Å². The number of quaternary nitrogens is 1. The Hall–Kier alpha value is -0.540. The third kappa shape index (κ3) is 3.99. The molecule has 3 nitrogen and oxygen atoms in total. The second kappa shape index (κ2) is 7.80. The van der Waals surface area contributed by atoms with Crippen molar-refractivity contribution in [3.63, 3.8) is 0 Å². The quantitative estimate of drug-likeness (QED) is 0.474. The first-order valence-corrected chi connectivity index (χ1v) is 6.95. The van der Waals surface area contributed by atoms with Crippen LogP contribution in [0.15, 0.2) is 12.2 Å². The number of hydrogen-bond acceptors (Lipinski definition) is 2. The summed E-state index contributed by atoms with van der Waals surface area (Å²) in [7, 11) is 0. The molecule has 104 valence electrons. The van der Waals surface area contributed by atoms with E-state index in [4.69, 9.17) is 4.74 Å². The van der Waals surface area contributed by atoms with Crippen molar-refractivity contribution in [3.05, 3.63) is 12.2 Å². The van der Waals surface area contributed by atoms with Gasteiger partial charge in [0.05, 0.1) is 19.1 Å². The minimum absolute atomic E-state index is 0. The molecule has 0 spiro atoms. The average Bonchev–Trinajstić information content (AvgIpc) is 2.36. The summed E-state index contributed by atoms with van der Waals surface area (Å²) in [5.41, 5.74) is 0. The third-order valence-electron chi connectivity index (χ3n) is 4.17. The van der Waals surface area contributed by atoms with Gasteiger partial charge in [-0.3, -0.25) is 0 Å². The van der Waals surface area contributed by atoms with Crippen LogP contribution in [-0.2, 0) is 9.53 Å². The molecule has 0 bridgehead atoms. The largest absolute Gasteiger partial charge is 1.00 e. The van der Waals surface area contributed by atoms with Gasteiger partial charge in [0, 0.05) is 12.0 Å². The van der Waals surface area contributed by atoms with Crippen molar-refractivity contribution in [2.24, 2.45) is 5.92 Å². The lowest BCUT2D eigenvalue weighted by Crippen LogP contribution is -3.18. The summed E-state index contributed by atoms with van der Waals surface area (Å²) in [5.74, 6) is 0.406. The van der Waals surface area contributed by atoms with Crippen molar-refractivity contribution in [2.45, 2.75) is 45.1 Å². The van der Waals surface area contributed by atoms with Crippen molar-refractivity contribution in [1.82, 2.24) is 0 Å². The smallest absolute Gasteiger partial charge is 0.330 e. The third-order valence-corrected chi connectivity index (χ3v) is 4.17. The Bertz CT molecular complexity index is 292. The second-order valence-corrected chi connectivity index (χ2v) is 5.29. The number of halogens is 1. The highest BCUT2D eigenvalue weighted by atomic mass is 35.5. The molecule has 4 heteroatoms. The highest BCUT2D eigenvalue weighted by Gasteiger charge is 2.36. The predicted molar refractivity (Wildman–Crippen MR) is 66.8 cm³/mol. The molecule has 1 N–H and O–H groups in total. The molecule has 0 radical (unpaired) electrons. The SMILES string of the molecule is CC=CC(=O)OC[C@@H]1CCC[NH+]2CCCC[C@H]12.[Cl-]. The number of hydrogen-bond donors (Lipinski definition) is 1. The summed E-state index contributed by atoms with van der Waals surface area (Å²) in [5, 5.41) is 0. The maximum atomic E-state index is 11.3. The topological polar surface area (TPSA) is 30.7 Å². The molecule has 2 rings (SSSR count). The summed E-state index contributed by atoms with van der Waals surface area (Å²) < 4.78 is 5.33. The minimum atomic E-state index is -0.185. The van der Waals surface area contributed by atoms with Crippen molar-refractivity contribution in [2.75, 3.05) is 19.7 Å². The average molecular weight is 274 g/mol. The van der Waals surface area contributed by atoms with E-state index in [9.17, 15) is 4.79 Å². The lowest BCUT2D eigenvalue weighted by molar-refractivity contribution is -0.940. The number of carbonyl (C=O) groups excluding carboxylic acids is 1. The zero-order valence-electron chi connectivity index (χ0n) is 11.2. The molecule has 2 saturated heterocycles. The Kier molecular flexibility index (Phi) is 6.72. The molecule has 2 fully saturated rings. The molecule has 3 atom stereocenters. The number of nitrogens with one attached hydrogen (secondary N) is 1. The van der Waals surface area contributed by atoms with Gasteiger partial charge in [-0.25, -0.2) is 4.79 Å². The summed E-state index contributed by atoms with van der Waals surface area (Å²) >= 11 is 0. The van der Waals surface area contributed by atoms with Gasteiger partial charge in [-0.2, -0.15) is 0 Å². The predicted octanol–water partition coefficient (Wildman–Crippen LogP) is -2.04. The van der Waals surface area contributed by atoms with Crippen LogP contribution in [0.3, 0.4) is 0 Å². The number of carbonyl (C=O) groups is 1. The first kappa shape index (κ1) is 15.5. The van der Waals surface area contributed by atoms with Crippen LogP contribution in [0.1, 0.15) is 39.0 Å². The van der Waals surface area contributed by atoms with Gasteiger partial charge in [0.15, 0.2) is 0 Å². The Balaban J connectivity index is 0.00000162. The summed E-state index contributed by atoms with van der Waals surface area (Å²) in [4.78, 5) is 13.1. The molecular formula is C14H24ClNO2. The molecule has 0 aromatic rings. The lowest BCUT2D eigenvalue weighted by atomic mass is 9.84. The van der Waals surface area contributed by atoms with Gasteiger partial charge in [0.25, 0.3) is 0 Å². The molecule has 0 aliphatic carbocycles. The summed E-state index contributed by atoms with van der Waals surface area (Å²) in [6.45, 7) is 5.11. The number of fused-ring (bicyclic) bond motifs is 1. The maximum absolute atomic E-state index is 11.3. The van der Waals surface area contributed by atoms with E-state index >= 15 is 0 Å². The minimum Gasteiger partial charge on any atom is -1.00 e. The van der Waals surface area contributed by atoms with Crippen molar-refractivity contribution < 1.29 is 26.8 Å². The molecule has 0 saturated carbocycles. The molecule has 0 aromatic carbocycles. The van der Waals surface area contributed by atoms with Gasteiger partial charge in [0.2, 0.25) is 0 Å². The van der Waals surface area contributed by atoms with E-state index in [-0.39, 0.29) is 18.4 Å². The molecule has 0 aromatic heterocycles. The Morgan fingerprint density at radius 1 is 1.28 bits per heavy atom. The highest BCUT2D eigenvalue weighted by molar-refractivity contribution is 5.81. The molecular weight excluding hydrogens is 250 g/mol. The maximum Gasteiger partial charge on any atom is 0.330 e. The van der Waals surface area contributed by atoms with E-state index < -0.39 is 0 Å². The summed E-state index contributed by atoms with van der Waals surface area (Å²) in [6, 6.07) is 0.746. The molecule has 1 unspecified atom stereocenters. The molecule has 2 aliphatic rings. The van der Waals surface area contributed by atoms with E-state index in [1.807, 2.05) is 6.92 Å².